The minimum Gasteiger partial charge on any atom is -0.323 e. The summed E-state index contributed by atoms with van der Waals surface area (Å²) in [6.07, 6.45) is 0. The predicted octanol–water partition coefficient (Wildman–Crippen LogP) is 2.29. The molecular weight excluding hydrogens is 308 g/mol. The van der Waals surface area contributed by atoms with E-state index in [2.05, 4.69) is 20.8 Å². The minimum absolute atomic E-state index is 0.343. The molecule has 2 N–H and O–H groups in total. The lowest BCUT2D eigenvalue weighted by molar-refractivity contribution is -0.126. The lowest BCUT2D eigenvalue weighted by Crippen LogP contribution is -2.49. The van der Waals surface area contributed by atoms with Crippen LogP contribution in [0.25, 0.3) is 0 Å². The van der Waals surface area contributed by atoms with Crippen LogP contribution in [0.15, 0.2) is 29.2 Å². The number of benzene rings is 1. The van der Waals surface area contributed by atoms with Gasteiger partial charge in [-0.2, -0.15) is 0 Å². The number of anilines is 2. The molecule has 0 saturated heterocycles. The second-order valence-corrected chi connectivity index (χ2v) is 7.31. The third kappa shape index (κ3) is 2.52. The monoisotopic (exact) mass is 320 g/mol. The molecule has 1 aromatic heterocycles. The van der Waals surface area contributed by atoms with E-state index in [1.165, 1.54) is 23.1 Å². The van der Waals surface area contributed by atoms with Crippen molar-refractivity contribution in [2.75, 3.05) is 10.6 Å². The molecule has 2 heterocycles. The number of nitrogens with one attached hydrogen (secondary N) is 2. The molecule has 3 rings (SSSR count). The molecule has 108 valence electrons. The molecule has 1 atom stereocenters. The molecule has 0 aliphatic carbocycles. The Morgan fingerprint density at radius 3 is 2.81 bits per heavy atom. The normalized spacial score (nSPS) is 20.6. The van der Waals surface area contributed by atoms with Crippen LogP contribution in [-0.4, -0.2) is 26.8 Å². The smallest absolute Gasteiger partial charge is 0.252 e. The summed E-state index contributed by atoms with van der Waals surface area (Å²) in [5.74, 6) is -0.749. The molecule has 1 aliphatic rings. The summed E-state index contributed by atoms with van der Waals surface area (Å²) >= 11 is 2.50. The van der Waals surface area contributed by atoms with Crippen molar-refractivity contribution in [3.8, 4) is 0 Å². The van der Waals surface area contributed by atoms with Gasteiger partial charge in [-0.05, 0) is 26.0 Å². The SMILES string of the molecule is Cc1nnc(NC(=O)[C@]2(C)Sc3ccccc3NC2=O)s1. The van der Waals surface area contributed by atoms with Crippen LogP contribution in [0.4, 0.5) is 10.8 Å². The zero-order valence-electron chi connectivity index (χ0n) is 11.3. The van der Waals surface area contributed by atoms with Crippen LogP contribution in [0.2, 0.25) is 0 Å². The number of nitrogens with zero attached hydrogens (tertiary/aromatic N) is 2. The summed E-state index contributed by atoms with van der Waals surface area (Å²) in [6, 6.07) is 7.40. The topological polar surface area (TPSA) is 84.0 Å². The van der Waals surface area contributed by atoms with Gasteiger partial charge < -0.3 is 5.32 Å². The van der Waals surface area contributed by atoms with Gasteiger partial charge in [0.15, 0.2) is 4.75 Å². The highest BCUT2D eigenvalue weighted by Crippen LogP contribution is 2.42. The fraction of sp³-hybridized carbons (Fsp3) is 0.231. The molecule has 8 heteroatoms. The van der Waals surface area contributed by atoms with Crippen molar-refractivity contribution in [3.63, 3.8) is 0 Å². The highest BCUT2D eigenvalue weighted by molar-refractivity contribution is 8.02. The van der Waals surface area contributed by atoms with Crippen molar-refractivity contribution in [2.45, 2.75) is 23.5 Å². The van der Waals surface area contributed by atoms with Crippen molar-refractivity contribution in [3.05, 3.63) is 29.3 Å². The Morgan fingerprint density at radius 2 is 2.10 bits per heavy atom. The van der Waals surface area contributed by atoms with E-state index in [-0.39, 0.29) is 5.91 Å². The highest BCUT2D eigenvalue weighted by atomic mass is 32.2. The molecule has 2 aromatic rings. The van der Waals surface area contributed by atoms with E-state index in [4.69, 9.17) is 0 Å². The first-order valence-corrected chi connectivity index (χ1v) is 7.83. The molecule has 0 spiro atoms. The number of carbonyl (C=O) groups excluding carboxylic acids is 2. The second kappa shape index (κ2) is 5.12. The Labute approximate surface area is 129 Å². The summed E-state index contributed by atoms with van der Waals surface area (Å²) in [5, 5.41) is 14.3. The van der Waals surface area contributed by atoms with E-state index in [1.54, 1.807) is 13.8 Å². The van der Waals surface area contributed by atoms with Gasteiger partial charge in [-0.3, -0.25) is 14.9 Å². The van der Waals surface area contributed by atoms with Crippen LogP contribution in [-0.2, 0) is 9.59 Å². The van der Waals surface area contributed by atoms with Gasteiger partial charge in [0.2, 0.25) is 11.0 Å². The summed E-state index contributed by atoms with van der Waals surface area (Å²) < 4.78 is -1.24. The van der Waals surface area contributed by atoms with Gasteiger partial charge in [0.05, 0.1) is 5.69 Å². The summed E-state index contributed by atoms with van der Waals surface area (Å²) in [7, 11) is 0. The third-order valence-corrected chi connectivity index (χ3v) is 5.17. The summed E-state index contributed by atoms with van der Waals surface area (Å²) in [6.45, 7) is 3.40. The number of amides is 2. The maximum atomic E-state index is 12.5. The van der Waals surface area contributed by atoms with Crippen LogP contribution >= 0.6 is 23.1 Å². The van der Waals surface area contributed by atoms with Gasteiger partial charge in [-0.1, -0.05) is 35.2 Å². The molecule has 6 nitrogen and oxygen atoms in total. The zero-order valence-corrected chi connectivity index (χ0v) is 13.0. The van der Waals surface area contributed by atoms with E-state index < -0.39 is 10.7 Å². The summed E-state index contributed by atoms with van der Waals surface area (Å²) in [5.41, 5.74) is 0.726. The molecule has 0 saturated carbocycles. The number of para-hydroxylation sites is 1. The number of hydrogen-bond donors (Lipinski definition) is 2. The number of rotatable bonds is 2. The molecule has 0 unspecified atom stereocenters. The number of aromatic nitrogens is 2. The molecule has 0 bridgehead atoms. The Morgan fingerprint density at radius 1 is 1.33 bits per heavy atom. The Kier molecular flexibility index (Phi) is 3.42. The third-order valence-electron chi connectivity index (χ3n) is 3.06. The number of fused-ring (bicyclic) bond motifs is 1. The van der Waals surface area contributed by atoms with E-state index in [0.717, 1.165) is 15.6 Å². The van der Waals surface area contributed by atoms with Gasteiger partial charge >= 0.3 is 0 Å². The Bertz CT molecular complexity index is 730. The van der Waals surface area contributed by atoms with Gasteiger partial charge in [-0.15, -0.1) is 10.2 Å². The largest absolute Gasteiger partial charge is 0.323 e. The molecule has 0 radical (unpaired) electrons. The van der Waals surface area contributed by atoms with Crippen LogP contribution in [0.5, 0.6) is 0 Å². The maximum absolute atomic E-state index is 12.5. The number of thioether (sulfide) groups is 1. The van der Waals surface area contributed by atoms with Crippen LogP contribution < -0.4 is 10.6 Å². The van der Waals surface area contributed by atoms with Gasteiger partial charge in [0, 0.05) is 4.90 Å². The Hall–Kier alpha value is -1.93. The lowest BCUT2D eigenvalue weighted by Gasteiger charge is -2.31. The van der Waals surface area contributed by atoms with Gasteiger partial charge in [-0.25, -0.2) is 0 Å². The highest BCUT2D eigenvalue weighted by Gasteiger charge is 2.46. The Balaban J connectivity index is 1.86. The van der Waals surface area contributed by atoms with Crippen molar-refractivity contribution in [2.24, 2.45) is 0 Å². The first-order chi connectivity index (χ1) is 9.99. The maximum Gasteiger partial charge on any atom is 0.252 e. The predicted molar refractivity (Wildman–Crippen MR) is 82.6 cm³/mol. The number of aryl methyl sites for hydroxylation is 1. The van der Waals surface area contributed by atoms with E-state index >= 15 is 0 Å². The average molecular weight is 320 g/mol. The minimum atomic E-state index is -1.24. The van der Waals surface area contributed by atoms with Crippen LogP contribution in [0.1, 0.15) is 11.9 Å². The van der Waals surface area contributed by atoms with Crippen LogP contribution in [0, 0.1) is 6.92 Å². The van der Waals surface area contributed by atoms with Gasteiger partial charge in [0.1, 0.15) is 5.01 Å². The van der Waals surface area contributed by atoms with Crippen molar-refractivity contribution in [1.82, 2.24) is 10.2 Å². The van der Waals surface area contributed by atoms with E-state index in [9.17, 15) is 9.59 Å². The fourth-order valence-corrected chi connectivity index (χ4v) is 3.57. The molecule has 1 aliphatic heterocycles. The molecular formula is C13H12N4O2S2. The van der Waals surface area contributed by atoms with Crippen LogP contribution in [0.3, 0.4) is 0 Å². The number of carbonyl (C=O) groups is 2. The molecule has 1 aromatic carbocycles. The molecule has 0 fully saturated rings. The van der Waals surface area contributed by atoms with E-state index in [0.29, 0.717) is 5.13 Å². The fourth-order valence-electron chi connectivity index (χ4n) is 1.88. The van der Waals surface area contributed by atoms with Crippen molar-refractivity contribution < 1.29 is 9.59 Å². The van der Waals surface area contributed by atoms with Crippen molar-refractivity contribution >= 4 is 45.7 Å². The lowest BCUT2D eigenvalue weighted by atomic mass is 10.1. The van der Waals surface area contributed by atoms with Gasteiger partial charge in [0.25, 0.3) is 5.91 Å². The zero-order chi connectivity index (χ0) is 15.0. The molecule has 21 heavy (non-hydrogen) atoms. The summed E-state index contributed by atoms with van der Waals surface area (Å²) in [4.78, 5) is 25.6. The van der Waals surface area contributed by atoms with E-state index in [1.807, 2.05) is 24.3 Å². The second-order valence-electron chi connectivity index (χ2n) is 4.67. The standard InChI is InChI=1S/C13H12N4O2S2/c1-7-16-17-12(20-7)15-11(19)13(2)10(18)14-8-5-3-4-6-9(8)21-13/h3-6H,1-2H3,(H,14,18)(H,15,17,19)/t13-/m1/s1. The quantitative estimate of drug-likeness (QED) is 0.829. The van der Waals surface area contributed by atoms with Crippen molar-refractivity contribution in [1.29, 1.82) is 0 Å². The first-order valence-electron chi connectivity index (χ1n) is 6.20. The first kappa shape index (κ1) is 14.0. The average Bonchev–Trinajstić information content (AvgIpc) is 2.85. The number of hydrogen-bond acceptors (Lipinski definition) is 6. The molecule has 2 amide bonds.